The molecular formula is C30H33ClN4O6. The smallest absolute Gasteiger partial charge is 0.317 e. The van der Waals surface area contributed by atoms with Crippen molar-refractivity contribution in [3.05, 3.63) is 63.7 Å². The molecule has 0 aliphatic carbocycles. The lowest BCUT2D eigenvalue weighted by Gasteiger charge is -2.39. The number of hydrogen-bond acceptors (Lipinski definition) is 6. The highest BCUT2D eigenvalue weighted by Gasteiger charge is 2.43. The summed E-state index contributed by atoms with van der Waals surface area (Å²) in [6, 6.07) is 10.5. The van der Waals surface area contributed by atoms with Crippen molar-refractivity contribution in [1.82, 2.24) is 20.4 Å². The molecule has 4 heterocycles. The third-order valence-electron chi connectivity index (χ3n) is 8.57. The largest absolute Gasteiger partial charge is 0.493 e. The van der Waals surface area contributed by atoms with Gasteiger partial charge >= 0.3 is 6.03 Å². The van der Waals surface area contributed by atoms with E-state index in [-0.39, 0.29) is 36.4 Å². The number of hydrogen-bond donors (Lipinski definition) is 2. The topological polar surface area (TPSA) is 117 Å². The summed E-state index contributed by atoms with van der Waals surface area (Å²) in [4.78, 5) is 52.9. The van der Waals surface area contributed by atoms with Crippen LogP contribution in [0.2, 0.25) is 5.02 Å². The van der Waals surface area contributed by atoms with E-state index in [1.54, 1.807) is 12.1 Å². The number of carbonyl (C=O) groups is 4. The zero-order valence-electron chi connectivity index (χ0n) is 22.7. The number of nitrogens with one attached hydrogen (secondary N) is 2. The molecule has 6 rings (SSSR count). The number of benzene rings is 2. The minimum Gasteiger partial charge on any atom is -0.493 e. The van der Waals surface area contributed by atoms with Gasteiger partial charge in [-0.05, 0) is 67.5 Å². The number of urea groups is 1. The van der Waals surface area contributed by atoms with Crippen LogP contribution in [-0.2, 0) is 33.1 Å². The summed E-state index contributed by atoms with van der Waals surface area (Å²) in [5.41, 5.74) is 3.26. The highest BCUT2D eigenvalue weighted by molar-refractivity contribution is 6.30. The van der Waals surface area contributed by atoms with Gasteiger partial charge in [0, 0.05) is 42.2 Å². The van der Waals surface area contributed by atoms with Crippen LogP contribution in [0.4, 0.5) is 4.79 Å². The minimum absolute atomic E-state index is 0.0713. The summed E-state index contributed by atoms with van der Waals surface area (Å²) in [6.07, 6.45) is 3.49. The average molecular weight is 581 g/mol. The summed E-state index contributed by atoms with van der Waals surface area (Å²) >= 11 is 6.23. The molecule has 0 radical (unpaired) electrons. The fraction of sp³-hybridized carbons (Fsp3) is 0.467. The first-order valence-electron chi connectivity index (χ1n) is 14.2. The lowest BCUT2D eigenvalue weighted by molar-refractivity contribution is -0.136. The van der Waals surface area contributed by atoms with E-state index in [4.69, 9.17) is 21.1 Å². The first-order chi connectivity index (χ1) is 19.8. The minimum atomic E-state index is -0.658. The number of carbonyl (C=O) groups excluding carboxylic acids is 4. The van der Waals surface area contributed by atoms with Crippen molar-refractivity contribution in [2.75, 3.05) is 26.2 Å². The number of piperidine rings is 2. The molecule has 0 aromatic heterocycles. The molecule has 10 nitrogen and oxygen atoms in total. The molecule has 0 saturated carbocycles. The molecule has 216 valence electrons. The average Bonchev–Trinajstić information content (AvgIpc) is 3.48. The second-order valence-electron chi connectivity index (χ2n) is 11.0. The third-order valence-corrected chi connectivity index (χ3v) is 8.80. The summed E-state index contributed by atoms with van der Waals surface area (Å²) in [6.45, 7) is 3.06. The monoisotopic (exact) mass is 580 g/mol. The molecule has 4 aliphatic rings. The van der Waals surface area contributed by atoms with E-state index < -0.39 is 11.9 Å². The van der Waals surface area contributed by atoms with Crippen molar-refractivity contribution in [3.8, 4) is 5.75 Å². The first kappa shape index (κ1) is 27.5. The van der Waals surface area contributed by atoms with E-state index in [1.165, 1.54) is 10.5 Å². The van der Waals surface area contributed by atoms with Gasteiger partial charge in [-0.25, -0.2) is 4.79 Å². The van der Waals surface area contributed by atoms with E-state index in [0.29, 0.717) is 55.6 Å². The Labute approximate surface area is 243 Å². The number of halogens is 1. The van der Waals surface area contributed by atoms with Crippen LogP contribution in [0.3, 0.4) is 0 Å². The lowest BCUT2D eigenvalue weighted by Crippen LogP contribution is -2.52. The van der Waals surface area contributed by atoms with Crippen LogP contribution in [0.15, 0.2) is 36.4 Å². The predicted octanol–water partition coefficient (Wildman–Crippen LogP) is 3.49. The maximum absolute atomic E-state index is 13.0. The Kier molecular flexibility index (Phi) is 7.61. The van der Waals surface area contributed by atoms with E-state index in [0.717, 1.165) is 36.8 Å². The normalized spacial score (nSPS) is 21.1. The van der Waals surface area contributed by atoms with Crippen LogP contribution in [0, 0.1) is 0 Å². The van der Waals surface area contributed by atoms with Gasteiger partial charge in [-0.2, -0.15) is 0 Å². The van der Waals surface area contributed by atoms with Crippen LogP contribution >= 0.6 is 11.6 Å². The van der Waals surface area contributed by atoms with Gasteiger partial charge in [0.05, 0.1) is 25.4 Å². The molecule has 2 saturated heterocycles. The molecule has 11 heteroatoms. The third kappa shape index (κ3) is 5.38. The Morgan fingerprint density at radius 2 is 1.98 bits per heavy atom. The fourth-order valence-corrected chi connectivity index (χ4v) is 6.46. The molecule has 2 N–H and O–H groups in total. The van der Waals surface area contributed by atoms with Crippen LogP contribution in [-0.4, -0.2) is 65.8 Å². The summed E-state index contributed by atoms with van der Waals surface area (Å²) in [5, 5.41) is 6.04. The maximum atomic E-state index is 13.0. The Bertz CT molecular complexity index is 1390. The van der Waals surface area contributed by atoms with Gasteiger partial charge < -0.3 is 24.6 Å². The molecule has 5 amide bonds. The highest BCUT2D eigenvalue weighted by atomic mass is 35.5. The van der Waals surface area contributed by atoms with Crippen molar-refractivity contribution in [1.29, 1.82) is 0 Å². The van der Waals surface area contributed by atoms with Crippen molar-refractivity contribution in [2.45, 2.75) is 63.3 Å². The second kappa shape index (κ2) is 11.3. The molecule has 0 bridgehead atoms. The van der Waals surface area contributed by atoms with E-state index in [9.17, 15) is 19.2 Å². The Morgan fingerprint density at radius 3 is 2.78 bits per heavy atom. The zero-order valence-corrected chi connectivity index (χ0v) is 23.5. The standard InChI is InChI=1S/C30H33ClN4O6/c31-20-7-6-19-18-41-30(23(19)16-20)10-13-34(14-11-30)29(39)32-12-1-2-15-40-25-5-3-4-21-22(25)17-35(28(21)38)24-8-9-26(36)33-27(24)37/h3-7,16,24H,1-2,8-15,17-18H2,(H,32,39)(H,33,36,37). The fourth-order valence-electron chi connectivity index (χ4n) is 6.29. The number of nitrogens with zero attached hydrogens (tertiary/aromatic N) is 2. The molecule has 2 aromatic rings. The molecule has 1 unspecified atom stereocenters. The SMILES string of the molecule is O=C1CCC(N2Cc3c(OCCCCNC(=O)N4CCC5(CC4)OCc4ccc(Cl)cc45)cccc3C2=O)C(=O)N1. The zero-order chi connectivity index (χ0) is 28.6. The van der Waals surface area contributed by atoms with Gasteiger partial charge in [0.2, 0.25) is 11.8 Å². The van der Waals surface area contributed by atoms with E-state index in [1.807, 2.05) is 29.2 Å². The Balaban J connectivity index is 0.933. The van der Waals surface area contributed by atoms with Gasteiger partial charge in [0.1, 0.15) is 11.8 Å². The first-order valence-corrected chi connectivity index (χ1v) is 14.6. The lowest BCUT2D eigenvalue weighted by atomic mass is 9.84. The van der Waals surface area contributed by atoms with Gasteiger partial charge in [0.25, 0.3) is 5.91 Å². The number of fused-ring (bicyclic) bond motifs is 3. The van der Waals surface area contributed by atoms with Crippen molar-refractivity contribution < 1.29 is 28.7 Å². The molecule has 2 aromatic carbocycles. The predicted molar refractivity (Wildman–Crippen MR) is 149 cm³/mol. The van der Waals surface area contributed by atoms with E-state index in [2.05, 4.69) is 10.6 Å². The van der Waals surface area contributed by atoms with Gasteiger partial charge in [0.15, 0.2) is 0 Å². The summed E-state index contributed by atoms with van der Waals surface area (Å²) in [7, 11) is 0. The number of imide groups is 1. The van der Waals surface area contributed by atoms with Crippen LogP contribution in [0.1, 0.15) is 65.6 Å². The highest BCUT2D eigenvalue weighted by Crippen LogP contribution is 2.45. The van der Waals surface area contributed by atoms with Crippen LogP contribution in [0.5, 0.6) is 5.75 Å². The summed E-state index contributed by atoms with van der Waals surface area (Å²) in [5.74, 6) is -0.346. The quantitative estimate of drug-likeness (QED) is 0.382. The molecule has 1 atom stereocenters. The number of likely N-dealkylation sites (tertiary alicyclic amines) is 1. The van der Waals surface area contributed by atoms with E-state index >= 15 is 0 Å². The number of amides is 5. The number of rotatable bonds is 7. The van der Waals surface area contributed by atoms with Crippen LogP contribution in [0.25, 0.3) is 0 Å². The molecular weight excluding hydrogens is 548 g/mol. The van der Waals surface area contributed by atoms with Gasteiger partial charge in [-0.15, -0.1) is 0 Å². The Hall–Kier alpha value is -3.63. The molecule has 1 spiro atoms. The van der Waals surface area contributed by atoms with Gasteiger partial charge in [-0.3, -0.25) is 19.7 Å². The van der Waals surface area contributed by atoms with Crippen LogP contribution < -0.4 is 15.4 Å². The molecule has 2 fully saturated rings. The van der Waals surface area contributed by atoms with Crippen molar-refractivity contribution in [3.63, 3.8) is 0 Å². The second-order valence-corrected chi connectivity index (χ2v) is 11.5. The molecule has 41 heavy (non-hydrogen) atoms. The maximum Gasteiger partial charge on any atom is 0.317 e. The summed E-state index contributed by atoms with van der Waals surface area (Å²) < 4.78 is 12.2. The van der Waals surface area contributed by atoms with Crippen molar-refractivity contribution in [2.24, 2.45) is 0 Å². The van der Waals surface area contributed by atoms with Crippen molar-refractivity contribution >= 4 is 35.4 Å². The molecule has 4 aliphatic heterocycles. The number of unbranched alkanes of at least 4 members (excludes halogenated alkanes) is 1. The number of ether oxygens (including phenoxy) is 2. The van der Waals surface area contributed by atoms with Gasteiger partial charge in [-0.1, -0.05) is 23.7 Å². The Morgan fingerprint density at radius 1 is 1.15 bits per heavy atom.